The van der Waals surface area contributed by atoms with Crippen molar-refractivity contribution >= 4 is 21.2 Å². The van der Waals surface area contributed by atoms with E-state index in [1.54, 1.807) is 6.07 Å². The van der Waals surface area contributed by atoms with Gasteiger partial charge < -0.3 is 35.4 Å². The fraction of sp³-hybridized carbons (Fsp3) is 0.375. The molecule has 1 saturated heterocycles. The van der Waals surface area contributed by atoms with Gasteiger partial charge >= 0.3 is 21.0 Å². The summed E-state index contributed by atoms with van der Waals surface area (Å²) in [5.74, 6) is -1.91. The highest BCUT2D eigenvalue weighted by molar-refractivity contribution is 7.55. The molecule has 1 aromatic carbocycles. The number of aromatic nitrogens is 2. The van der Waals surface area contributed by atoms with Crippen molar-refractivity contribution in [3.05, 3.63) is 58.6 Å². The summed E-state index contributed by atoms with van der Waals surface area (Å²) >= 11 is 0. The van der Waals surface area contributed by atoms with E-state index in [-0.39, 0.29) is 11.4 Å². The standard InChI is InChI=1S/C16H22N4O10P2/c17-11-6-7-20(16(23)18-11)15-13(22)12(21)10(30-15)8-29-32(27,28)19-14(31(24,25)26)9-4-2-1-3-5-9/h1-7,10,12-15,21-22H,8H2,(H2,17,18,23)(H2,19,27,28)(H2,24,25,26)/t10-,12-,13-,14-,15-/m1/s1. The molecule has 1 aliphatic rings. The Hall–Kier alpha value is -1.96. The van der Waals surface area contributed by atoms with Crippen LogP contribution in [0.2, 0.25) is 0 Å². The Kier molecular flexibility index (Phi) is 7.32. The highest BCUT2D eigenvalue weighted by Gasteiger charge is 2.45. The number of anilines is 1. The normalized spacial score (nSPS) is 26.5. The van der Waals surface area contributed by atoms with Crippen LogP contribution in [0.3, 0.4) is 0 Å². The summed E-state index contributed by atoms with van der Waals surface area (Å²) in [6.07, 6.45) is -4.76. The third-order valence-corrected chi connectivity index (χ3v) is 7.00. The highest BCUT2D eigenvalue weighted by Crippen LogP contribution is 2.55. The molecule has 1 unspecified atom stereocenters. The maximum atomic E-state index is 12.4. The molecule has 176 valence electrons. The molecule has 0 spiro atoms. The molecule has 2 heterocycles. The molecule has 6 atom stereocenters. The quantitative estimate of drug-likeness (QED) is 0.220. The van der Waals surface area contributed by atoms with Crippen LogP contribution in [0.1, 0.15) is 17.6 Å². The zero-order chi connectivity index (χ0) is 23.7. The first kappa shape index (κ1) is 24.7. The molecular weight excluding hydrogens is 470 g/mol. The number of hydrogen-bond donors (Lipinski definition) is 7. The number of nitrogens with zero attached hydrogens (tertiary/aromatic N) is 2. The number of nitrogen functional groups attached to an aromatic ring is 1. The van der Waals surface area contributed by atoms with Gasteiger partial charge in [0.2, 0.25) is 0 Å². The molecule has 0 amide bonds. The molecule has 2 aromatic rings. The molecule has 32 heavy (non-hydrogen) atoms. The lowest BCUT2D eigenvalue weighted by molar-refractivity contribution is -0.0527. The van der Waals surface area contributed by atoms with Crippen LogP contribution in [0.15, 0.2) is 47.4 Å². The SMILES string of the molecule is Nc1ccn([C@@H]2O[C@H](COP(=O)(O)N[C@@H](c3ccccc3)P(=O)(O)O)[C@@H](O)[C@H]2O)c(=O)n1. The van der Waals surface area contributed by atoms with Gasteiger partial charge in [0.1, 0.15) is 29.9 Å². The van der Waals surface area contributed by atoms with E-state index in [1.807, 2.05) is 5.09 Å². The van der Waals surface area contributed by atoms with Crippen LogP contribution >= 0.6 is 15.3 Å². The summed E-state index contributed by atoms with van der Waals surface area (Å²) < 4.78 is 35.4. The Morgan fingerprint density at radius 3 is 2.41 bits per heavy atom. The monoisotopic (exact) mass is 492 g/mol. The largest absolute Gasteiger partial charge is 0.404 e. The van der Waals surface area contributed by atoms with Crippen LogP contribution in [-0.4, -0.2) is 59.4 Å². The topological polar surface area (TPSA) is 227 Å². The summed E-state index contributed by atoms with van der Waals surface area (Å²) in [5.41, 5.74) is 4.59. The van der Waals surface area contributed by atoms with Crippen molar-refractivity contribution in [1.29, 1.82) is 0 Å². The predicted octanol–water partition coefficient (Wildman–Crippen LogP) is -0.972. The van der Waals surface area contributed by atoms with Crippen LogP contribution in [-0.2, 0) is 18.4 Å². The number of benzene rings is 1. The summed E-state index contributed by atoms with van der Waals surface area (Å²) in [4.78, 5) is 44.7. The van der Waals surface area contributed by atoms with Gasteiger partial charge in [-0.05, 0) is 11.6 Å². The molecule has 0 bridgehead atoms. The van der Waals surface area contributed by atoms with Crippen molar-refractivity contribution in [3.63, 3.8) is 0 Å². The van der Waals surface area contributed by atoms with E-state index < -0.39 is 58.0 Å². The molecule has 8 N–H and O–H groups in total. The Morgan fingerprint density at radius 1 is 1.16 bits per heavy atom. The van der Waals surface area contributed by atoms with Crippen molar-refractivity contribution < 1.29 is 43.3 Å². The molecular formula is C16H22N4O10P2. The zero-order valence-electron chi connectivity index (χ0n) is 16.3. The molecule has 16 heteroatoms. The predicted molar refractivity (Wildman–Crippen MR) is 109 cm³/mol. The first-order valence-electron chi connectivity index (χ1n) is 9.10. The van der Waals surface area contributed by atoms with E-state index in [0.717, 1.165) is 4.57 Å². The zero-order valence-corrected chi connectivity index (χ0v) is 18.1. The lowest BCUT2D eigenvalue weighted by Crippen LogP contribution is -2.36. The average molecular weight is 492 g/mol. The fourth-order valence-corrected chi connectivity index (χ4v) is 5.54. The van der Waals surface area contributed by atoms with Crippen LogP contribution in [0.25, 0.3) is 0 Å². The lowest BCUT2D eigenvalue weighted by Gasteiger charge is -2.24. The van der Waals surface area contributed by atoms with Gasteiger partial charge in [-0.1, -0.05) is 30.3 Å². The van der Waals surface area contributed by atoms with Gasteiger partial charge in [-0.3, -0.25) is 13.7 Å². The molecule has 1 fully saturated rings. The van der Waals surface area contributed by atoms with Gasteiger partial charge in [-0.2, -0.15) is 4.98 Å². The minimum absolute atomic E-state index is 0.0431. The van der Waals surface area contributed by atoms with Gasteiger partial charge in [-0.15, -0.1) is 0 Å². The van der Waals surface area contributed by atoms with Gasteiger partial charge in [0.05, 0.1) is 6.61 Å². The molecule has 0 aliphatic carbocycles. The van der Waals surface area contributed by atoms with Crippen molar-refractivity contribution in [2.75, 3.05) is 12.3 Å². The Morgan fingerprint density at radius 2 is 1.81 bits per heavy atom. The number of aliphatic hydroxyl groups excluding tert-OH is 2. The van der Waals surface area contributed by atoms with Gasteiger partial charge in [0.25, 0.3) is 0 Å². The first-order valence-corrected chi connectivity index (χ1v) is 12.4. The fourth-order valence-electron chi connectivity index (χ4n) is 3.06. The van der Waals surface area contributed by atoms with E-state index in [9.17, 15) is 38.8 Å². The lowest BCUT2D eigenvalue weighted by atomic mass is 10.1. The Bertz CT molecular complexity index is 1090. The van der Waals surface area contributed by atoms with E-state index in [4.69, 9.17) is 15.0 Å². The minimum Gasteiger partial charge on any atom is -0.387 e. The summed E-state index contributed by atoms with van der Waals surface area (Å²) in [6, 6.07) is 8.53. The minimum atomic E-state index is -4.92. The molecule has 1 aromatic heterocycles. The van der Waals surface area contributed by atoms with Crippen LogP contribution in [0, 0.1) is 0 Å². The Labute approximate surface area is 181 Å². The summed E-state index contributed by atoms with van der Waals surface area (Å²) in [6.45, 7) is -0.755. The number of ether oxygens (including phenoxy) is 1. The van der Waals surface area contributed by atoms with E-state index in [2.05, 4.69) is 4.98 Å². The third-order valence-electron chi connectivity index (χ3n) is 4.61. The van der Waals surface area contributed by atoms with Gasteiger partial charge in [0, 0.05) is 6.20 Å². The number of nitrogens with one attached hydrogen (secondary N) is 1. The number of aliphatic hydroxyl groups is 2. The third kappa shape index (κ3) is 5.69. The maximum Gasteiger partial charge on any atom is 0.404 e. The number of rotatable bonds is 8. The molecule has 0 radical (unpaired) electrons. The molecule has 14 nitrogen and oxygen atoms in total. The average Bonchev–Trinajstić information content (AvgIpc) is 2.99. The second kappa shape index (κ2) is 9.49. The second-order valence-electron chi connectivity index (χ2n) is 6.94. The summed E-state index contributed by atoms with van der Waals surface area (Å²) in [5, 5.41) is 22.3. The van der Waals surface area contributed by atoms with Crippen LogP contribution < -0.4 is 16.5 Å². The first-order chi connectivity index (χ1) is 14.9. The number of nitrogens with two attached hydrogens (primary N) is 1. The second-order valence-corrected chi connectivity index (χ2v) is 10.2. The molecule has 1 aliphatic heterocycles. The van der Waals surface area contributed by atoms with Crippen LogP contribution in [0.5, 0.6) is 0 Å². The number of hydrogen-bond acceptors (Lipinski definition) is 9. The molecule has 3 rings (SSSR count). The summed E-state index contributed by atoms with van der Waals surface area (Å²) in [7, 11) is -9.75. The van der Waals surface area contributed by atoms with Gasteiger partial charge in [-0.25, -0.2) is 14.4 Å². The van der Waals surface area contributed by atoms with Crippen molar-refractivity contribution in [3.8, 4) is 0 Å². The van der Waals surface area contributed by atoms with Gasteiger partial charge in [0.15, 0.2) is 6.23 Å². The highest BCUT2D eigenvalue weighted by atomic mass is 31.2. The van der Waals surface area contributed by atoms with Crippen molar-refractivity contribution in [2.24, 2.45) is 0 Å². The van der Waals surface area contributed by atoms with E-state index in [1.165, 1.54) is 36.5 Å². The van der Waals surface area contributed by atoms with Crippen molar-refractivity contribution in [2.45, 2.75) is 30.3 Å². The van der Waals surface area contributed by atoms with Crippen LogP contribution in [0.4, 0.5) is 5.82 Å². The smallest absolute Gasteiger partial charge is 0.387 e. The van der Waals surface area contributed by atoms with E-state index in [0.29, 0.717) is 0 Å². The Balaban J connectivity index is 1.70. The molecule has 0 saturated carbocycles. The maximum absolute atomic E-state index is 12.4. The van der Waals surface area contributed by atoms with Crippen molar-refractivity contribution in [1.82, 2.24) is 14.6 Å². The van der Waals surface area contributed by atoms with E-state index >= 15 is 0 Å².